The predicted octanol–water partition coefficient (Wildman–Crippen LogP) is 1.02. The Morgan fingerprint density at radius 1 is 1.56 bits per heavy atom. The van der Waals surface area contributed by atoms with E-state index in [4.69, 9.17) is 0 Å². The van der Waals surface area contributed by atoms with E-state index in [1.165, 1.54) is 36.9 Å². The van der Waals surface area contributed by atoms with E-state index in [1.807, 2.05) is 6.20 Å². The first kappa shape index (κ1) is 11.6. The van der Waals surface area contributed by atoms with Crippen molar-refractivity contribution in [1.82, 2.24) is 9.88 Å². The molecule has 3 N–H and O–H groups in total. The summed E-state index contributed by atoms with van der Waals surface area (Å²) >= 11 is 0. The quantitative estimate of drug-likeness (QED) is 0.823. The van der Waals surface area contributed by atoms with E-state index in [-0.39, 0.29) is 0 Å². The highest BCUT2D eigenvalue weighted by molar-refractivity contribution is 5.27. The number of likely N-dealkylation sites (tertiary alicyclic amines) is 1. The van der Waals surface area contributed by atoms with Gasteiger partial charge < -0.3 is 5.73 Å². The highest BCUT2D eigenvalue weighted by atomic mass is 15.1. The second-order valence-corrected chi connectivity index (χ2v) is 4.67. The van der Waals surface area contributed by atoms with Gasteiger partial charge in [0.15, 0.2) is 0 Å². The van der Waals surface area contributed by atoms with E-state index in [0.29, 0.717) is 6.04 Å². The molecule has 2 heterocycles. The van der Waals surface area contributed by atoms with Crippen molar-refractivity contribution in [1.29, 1.82) is 0 Å². The fraction of sp³-hybridized carbons (Fsp3) is 0.615. The maximum absolute atomic E-state index is 4.29. The van der Waals surface area contributed by atoms with Crippen LogP contribution in [0.1, 0.15) is 36.4 Å². The lowest BCUT2D eigenvalue weighted by atomic mass is 9.98. The molecule has 88 valence electrons. The number of pyridine rings is 1. The molecule has 3 heteroatoms. The van der Waals surface area contributed by atoms with Crippen molar-refractivity contribution in [2.45, 2.75) is 31.7 Å². The summed E-state index contributed by atoms with van der Waals surface area (Å²) in [6, 6.07) is 2.77. The van der Waals surface area contributed by atoms with E-state index in [0.717, 1.165) is 13.0 Å². The molecule has 16 heavy (non-hydrogen) atoms. The molecule has 0 spiro atoms. The summed E-state index contributed by atoms with van der Waals surface area (Å²) in [5.41, 5.74) is 6.83. The van der Waals surface area contributed by atoms with Gasteiger partial charge in [0, 0.05) is 24.9 Å². The Balaban J connectivity index is 2.18. The molecule has 0 saturated carbocycles. The summed E-state index contributed by atoms with van der Waals surface area (Å²) in [6.45, 7) is 2.23. The van der Waals surface area contributed by atoms with Gasteiger partial charge in [0.2, 0.25) is 0 Å². The molecule has 1 aromatic rings. The summed E-state index contributed by atoms with van der Waals surface area (Å²) in [5, 5.41) is 0. The van der Waals surface area contributed by atoms with Crippen molar-refractivity contribution in [3.8, 4) is 0 Å². The fourth-order valence-corrected chi connectivity index (χ4v) is 2.58. The summed E-state index contributed by atoms with van der Waals surface area (Å²) in [5.74, 6) is 0. The first-order chi connectivity index (χ1) is 7.83. The monoisotopic (exact) mass is 220 g/mol. The summed E-state index contributed by atoms with van der Waals surface area (Å²) in [7, 11) is 2.22. The van der Waals surface area contributed by atoms with Crippen LogP contribution in [0.3, 0.4) is 0 Å². The van der Waals surface area contributed by atoms with Crippen LogP contribution in [0.5, 0.6) is 0 Å². The van der Waals surface area contributed by atoms with Crippen LogP contribution in [0.4, 0.5) is 0 Å². The van der Waals surface area contributed by atoms with Crippen LogP contribution in [0.25, 0.3) is 0 Å². The van der Waals surface area contributed by atoms with Gasteiger partial charge in [-0.1, -0.05) is 0 Å². The average Bonchev–Trinajstić information content (AvgIpc) is 2.73. The van der Waals surface area contributed by atoms with Crippen LogP contribution >= 0.6 is 0 Å². The van der Waals surface area contributed by atoms with Gasteiger partial charge in [-0.3, -0.25) is 9.88 Å². The number of nitrogens with zero attached hydrogens (tertiary/aromatic N) is 2. The molecular formula is C13H22N3+. The van der Waals surface area contributed by atoms with E-state index in [1.54, 1.807) is 0 Å². The van der Waals surface area contributed by atoms with Gasteiger partial charge >= 0.3 is 0 Å². The molecule has 1 aliphatic heterocycles. The molecule has 1 aromatic heterocycles. The molecular weight excluding hydrogens is 198 g/mol. The van der Waals surface area contributed by atoms with Gasteiger partial charge in [-0.15, -0.1) is 0 Å². The smallest absolute Gasteiger partial charge is 0.0743 e. The van der Waals surface area contributed by atoms with Crippen molar-refractivity contribution < 1.29 is 5.73 Å². The van der Waals surface area contributed by atoms with Crippen LogP contribution in [-0.4, -0.2) is 30.0 Å². The molecule has 0 amide bonds. The topological polar surface area (TPSA) is 43.8 Å². The van der Waals surface area contributed by atoms with E-state index in [2.05, 4.69) is 34.9 Å². The van der Waals surface area contributed by atoms with Gasteiger partial charge in [-0.2, -0.15) is 0 Å². The van der Waals surface area contributed by atoms with Crippen molar-refractivity contribution in [2.24, 2.45) is 0 Å². The Morgan fingerprint density at radius 2 is 2.44 bits per heavy atom. The van der Waals surface area contributed by atoms with Gasteiger partial charge in [-0.05, 0) is 50.0 Å². The first-order valence-electron chi connectivity index (χ1n) is 6.25. The standard InChI is InChI=1S/C13H21N3/c1-16-9-3-5-13(16)12-10-15-8-6-11(12)4-2-7-14/h6,8,10,13H,2-5,7,9,14H2,1H3/p+1. The average molecular weight is 220 g/mol. The highest BCUT2D eigenvalue weighted by Crippen LogP contribution is 2.32. The maximum Gasteiger partial charge on any atom is 0.0743 e. The fourth-order valence-electron chi connectivity index (χ4n) is 2.58. The minimum atomic E-state index is 0.591. The molecule has 0 bridgehead atoms. The van der Waals surface area contributed by atoms with Gasteiger partial charge in [-0.25, -0.2) is 0 Å². The van der Waals surface area contributed by atoms with E-state index >= 15 is 0 Å². The number of aromatic nitrogens is 1. The number of quaternary nitrogens is 1. The minimum absolute atomic E-state index is 0.591. The van der Waals surface area contributed by atoms with Crippen molar-refractivity contribution in [3.05, 3.63) is 29.6 Å². The van der Waals surface area contributed by atoms with Gasteiger partial charge in [0.1, 0.15) is 0 Å². The third-order valence-electron chi connectivity index (χ3n) is 3.52. The minimum Gasteiger partial charge on any atom is -0.358 e. The van der Waals surface area contributed by atoms with Gasteiger partial charge in [0.25, 0.3) is 0 Å². The highest BCUT2D eigenvalue weighted by Gasteiger charge is 2.24. The molecule has 0 aromatic carbocycles. The molecule has 1 atom stereocenters. The summed E-state index contributed by atoms with van der Waals surface area (Å²) in [4.78, 5) is 6.74. The number of hydrogen-bond acceptors (Lipinski definition) is 2. The Kier molecular flexibility index (Phi) is 3.91. The van der Waals surface area contributed by atoms with Crippen LogP contribution in [0.2, 0.25) is 0 Å². The zero-order valence-electron chi connectivity index (χ0n) is 10.2. The zero-order valence-corrected chi connectivity index (χ0v) is 10.2. The van der Waals surface area contributed by atoms with Crippen molar-refractivity contribution >= 4 is 0 Å². The molecule has 2 rings (SSSR count). The second-order valence-electron chi connectivity index (χ2n) is 4.67. The van der Waals surface area contributed by atoms with E-state index in [9.17, 15) is 0 Å². The summed E-state index contributed by atoms with van der Waals surface area (Å²) < 4.78 is 0. The number of aryl methyl sites for hydroxylation is 1. The second kappa shape index (κ2) is 5.41. The third-order valence-corrected chi connectivity index (χ3v) is 3.52. The van der Waals surface area contributed by atoms with Crippen LogP contribution in [-0.2, 0) is 6.42 Å². The lowest BCUT2D eigenvalue weighted by Crippen LogP contribution is -2.50. The molecule has 1 fully saturated rings. The Labute approximate surface area is 97.7 Å². The molecule has 1 saturated heterocycles. The summed E-state index contributed by atoms with van der Waals surface area (Å²) in [6.07, 6.45) is 8.88. The molecule has 0 aliphatic carbocycles. The number of rotatable bonds is 4. The van der Waals surface area contributed by atoms with Crippen LogP contribution in [0.15, 0.2) is 18.5 Å². The van der Waals surface area contributed by atoms with E-state index < -0.39 is 0 Å². The lowest BCUT2D eigenvalue weighted by molar-refractivity contribution is -0.368. The first-order valence-corrected chi connectivity index (χ1v) is 6.25. The van der Waals surface area contributed by atoms with Crippen molar-refractivity contribution in [2.75, 3.05) is 20.1 Å². The molecule has 1 unspecified atom stereocenters. The maximum atomic E-state index is 4.29. The number of hydrogen-bond donors (Lipinski definition) is 1. The predicted molar refractivity (Wildman–Crippen MR) is 64.9 cm³/mol. The van der Waals surface area contributed by atoms with Crippen molar-refractivity contribution in [3.63, 3.8) is 0 Å². The molecule has 3 nitrogen and oxygen atoms in total. The van der Waals surface area contributed by atoms with Crippen LogP contribution < -0.4 is 5.73 Å². The zero-order chi connectivity index (χ0) is 11.4. The third kappa shape index (κ3) is 2.42. The largest absolute Gasteiger partial charge is 0.358 e. The Bertz CT molecular complexity index is 338. The van der Waals surface area contributed by atoms with Crippen LogP contribution in [0, 0.1) is 0 Å². The molecule has 1 aliphatic rings. The lowest BCUT2D eigenvalue weighted by Gasteiger charge is -2.22. The van der Waals surface area contributed by atoms with Gasteiger partial charge in [0.05, 0.1) is 6.54 Å². The Hall–Kier alpha value is -0.930. The SMILES string of the molecule is CN1CCCC1c1cnccc1CCC[NH3+]. The Morgan fingerprint density at radius 3 is 3.12 bits per heavy atom. The normalized spacial score (nSPS) is 21.5. The molecule has 0 radical (unpaired) electrons.